The van der Waals surface area contributed by atoms with Gasteiger partial charge in [0.2, 0.25) is 0 Å². The van der Waals surface area contributed by atoms with Crippen LogP contribution in [0.5, 0.6) is 0 Å². The summed E-state index contributed by atoms with van der Waals surface area (Å²) in [5, 5.41) is 0.532. The highest BCUT2D eigenvalue weighted by molar-refractivity contribution is 8.00. The van der Waals surface area contributed by atoms with E-state index in [1.165, 1.54) is 65.0 Å². The molecule has 7 aliphatic rings. The summed E-state index contributed by atoms with van der Waals surface area (Å²) in [6.07, 6.45) is 30.9. The maximum absolute atomic E-state index is 2.65. The van der Waals surface area contributed by atoms with Crippen LogP contribution in [0.15, 0.2) is 183 Å². The topological polar surface area (TPSA) is 3.24 Å². The number of nitrogens with zero attached hydrogens (tertiary/aromatic N) is 1. The Morgan fingerprint density at radius 3 is 2.42 bits per heavy atom. The van der Waals surface area contributed by atoms with Crippen molar-refractivity contribution in [3.8, 4) is 11.1 Å². The number of hydrogen-bond donors (Lipinski definition) is 0. The monoisotopic (exact) mass is 707 g/mol. The molecule has 0 aromatic heterocycles. The van der Waals surface area contributed by atoms with Crippen LogP contribution >= 0.6 is 23.5 Å². The van der Waals surface area contributed by atoms with E-state index in [0.29, 0.717) is 23.1 Å². The molecule has 5 atom stereocenters. The predicted molar refractivity (Wildman–Crippen MR) is 218 cm³/mol. The summed E-state index contributed by atoms with van der Waals surface area (Å²) in [6, 6.07) is 35.6. The Labute approximate surface area is 316 Å². The third-order valence-electron chi connectivity index (χ3n) is 12.6. The second-order valence-electron chi connectivity index (χ2n) is 15.2. The number of hydrogen-bond acceptors (Lipinski definition) is 3. The fraction of sp³-hybridized carbons (Fsp3) is 0.224. The first-order chi connectivity index (χ1) is 25.8. The van der Waals surface area contributed by atoms with Crippen molar-refractivity contribution >= 4 is 29.1 Å². The summed E-state index contributed by atoms with van der Waals surface area (Å²) < 4.78 is 0. The fourth-order valence-corrected chi connectivity index (χ4v) is 13.2. The van der Waals surface area contributed by atoms with Crippen molar-refractivity contribution in [1.29, 1.82) is 0 Å². The van der Waals surface area contributed by atoms with Crippen LogP contribution in [0.2, 0.25) is 0 Å². The third-order valence-corrected chi connectivity index (χ3v) is 15.2. The van der Waals surface area contributed by atoms with Crippen molar-refractivity contribution in [3.63, 3.8) is 0 Å². The Hall–Kier alpha value is -4.44. The summed E-state index contributed by atoms with van der Waals surface area (Å²) in [5.74, 6) is 0.818. The van der Waals surface area contributed by atoms with Crippen LogP contribution in [-0.4, -0.2) is 16.2 Å². The second kappa shape index (κ2) is 12.3. The van der Waals surface area contributed by atoms with Crippen LogP contribution in [0.1, 0.15) is 60.8 Å². The molecule has 3 heteroatoms. The van der Waals surface area contributed by atoms with Crippen molar-refractivity contribution in [2.75, 3.05) is 0 Å². The van der Waals surface area contributed by atoms with Crippen LogP contribution in [0.25, 0.3) is 16.7 Å². The average molecular weight is 708 g/mol. The lowest BCUT2D eigenvalue weighted by molar-refractivity contribution is 0.331. The minimum absolute atomic E-state index is 0.236. The van der Waals surface area contributed by atoms with Gasteiger partial charge in [0.05, 0.1) is 11.5 Å². The molecule has 4 aliphatic carbocycles. The molecule has 254 valence electrons. The molecular formula is C49H41NS2. The first-order valence-corrected chi connectivity index (χ1v) is 20.9. The SMILES string of the molecule is C1=CC2C(C(c3ccc4c(c3)C3(c5ccccc5Sc5cc(-c6ccccc6)ccc53)C3CC=CCC3S4)=C1)C1=C(C=CCC1)N2C1=CCCC=C1. The van der Waals surface area contributed by atoms with Crippen LogP contribution in [0.3, 0.4) is 0 Å². The largest absolute Gasteiger partial charge is 0.334 e. The zero-order chi connectivity index (χ0) is 34.2. The molecule has 1 spiro atoms. The standard InChI is InChI=1S/C49H41NS2/c1-3-14-32(15-4-1)33-26-28-40-47(31-33)52-45-25-12-9-21-39(45)49(40)38-20-8-11-24-44(38)51-46-29-27-34(30-41(46)49)36-19-13-23-43-48(36)37-18-7-10-22-42(37)50(43)35-16-5-2-6-17-35/h1,3-5,8-17,19,21-23,25-31,38,43-44,48H,2,6-7,18,20,24H2. The van der Waals surface area contributed by atoms with Gasteiger partial charge in [0.15, 0.2) is 0 Å². The number of rotatable bonds is 3. The fourth-order valence-electron chi connectivity index (χ4n) is 10.5. The third kappa shape index (κ3) is 4.58. The number of fused-ring (bicyclic) bond motifs is 10. The number of thioether (sulfide) groups is 1. The Morgan fingerprint density at radius 1 is 0.654 bits per heavy atom. The minimum atomic E-state index is -0.236. The molecule has 3 aliphatic heterocycles. The zero-order valence-corrected chi connectivity index (χ0v) is 30.9. The van der Waals surface area contributed by atoms with Gasteiger partial charge in [0.1, 0.15) is 0 Å². The van der Waals surface area contributed by atoms with E-state index in [-0.39, 0.29) is 5.41 Å². The van der Waals surface area contributed by atoms with E-state index in [4.69, 9.17) is 0 Å². The normalized spacial score (nSPS) is 27.7. The quantitative estimate of drug-likeness (QED) is 0.195. The van der Waals surface area contributed by atoms with Gasteiger partial charge >= 0.3 is 0 Å². The molecule has 0 fully saturated rings. The van der Waals surface area contributed by atoms with Gasteiger partial charge in [-0.1, -0.05) is 127 Å². The Balaban J connectivity index is 1.11. The van der Waals surface area contributed by atoms with Gasteiger partial charge in [0.25, 0.3) is 0 Å². The molecule has 0 radical (unpaired) electrons. The first-order valence-electron chi connectivity index (χ1n) is 19.2. The van der Waals surface area contributed by atoms with Gasteiger partial charge in [-0.3, -0.25) is 0 Å². The molecule has 52 heavy (non-hydrogen) atoms. The Morgan fingerprint density at radius 2 is 1.50 bits per heavy atom. The van der Waals surface area contributed by atoms with E-state index >= 15 is 0 Å². The molecule has 5 unspecified atom stereocenters. The lowest BCUT2D eigenvalue weighted by atomic mass is 9.58. The molecule has 0 bridgehead atoms. The van der Waals surface area contributed by atoms with Crippen molar-refractivity contribution in [3.05, 3.63) is 191 Å². The Kier molecular flexibility index (Phi) is 7.37. The van der Waals surface area contributed by atoms with Crippen molar-refractivity contribution < 1.29 is 0 Å². The predicted octanol–water partition coefficient (Wildman–Crippen LogP) is 12.7. The summed E-state index contributed by atoms with van der Waals surface area (Å²) in [7, 11) is 0. The molecule has 11 rings (SSSR count). The van der Waals surface area contributed by atoms with Crippen LogP contribution in [0.4, 0.5) is 0 Å². The molecule has 0 saturated heterocycles. The zero-order valence-electron chi connectivity index (χ0n) is 29.2. The van der Waals surface area contributed by atoms with E-state index in [2.05, 4.69) is 168 Å². The minimum Gasteiger partial charge on any atom is -0.334 e. The van der Waals surface area contributed by atoms with E-state index in [1.807, 2.05) is 11.8 Å². The average Bonchev–Trinajstić information content (AvgIpc) is 3.56. The van der Waals surface area contributed by atoms with Gasteiger partial charge in [-0.25, -0.2) is 0 Å². The molecule has 0 N–H and O–H groups in total. The second-order valence-corrected chi connectivity index (χ2v) is 17.6. The van der Waals surface area contributed by atoms with E-state index in [1.54, 1.807) is 5.57 Å². The highest BCUT2D eigenvalue weighted by Crippen LogP contribution is 2.64. The molecule has 4 aromatic rings. The molecule has 0 saturated carbocycles. The van der Waals surface area contributed by atoms with E-state index < -0.39 is 0 Å². The van der Waals surface area contributed by atoms with Crippen molar-refractivity contribution in [2.45, 2.75) is 69.9 Å². The molecule has 4 aromatic carbocycles. The van der Waals surface area contributed by atoms with Gasteiger partial charge < -0.3 is 4.90 Å². The van der Waals surface area contributed by atoms with Gasteiger partial charge in [0, 0.05) is 37.2 Å². The number of allylic oxidation sites excluding steroid dienone is 9. The maximum Gasteiger partial charge on any atom is 0.0632 e. The van der Waals surface area contributed by atoms with Gasteiger partial charge in [-0.2, -0.15) is 0 Å². The van der Waals surface area contributed by atoms with E-state index in [9.17, 15) is 0 Å². The summed E-state index contributed by atoms with van der Waals surface area (Å²) in [4.78, 5) is 6.91. The number of benzene rings is 4. The highest BCUT2D eigenvalue weighted by Gasteiger charge is 2.55. The first kappa shape index (κ1) is 31.1. The van der Waals surface area contributed by atoms with Crippen LogP contribution < -0.4 is 0 Å². The molecule has 1 nitrogen and oxygen atoms in total. The summed E-state index contributed by atoms with van der Waals surface area (Å²) >= 11 is 4.11. The van der Waals surface area contributed by atoms with Crippen molar-refractivity contribution in [2.24, 2.45) is 11.8 Å². The van der Waals surface area contributed by atoms with Crippen LogP contribution in [-0.2, 0) is 5.41 Å². The smallest absolute Gasteiger partial charge is 0.0632 e. The van der Waals surface area contributed by atoms with Gasteiger partial charge in [-0.05, 0) is 125 Å². The van der Waals surface area contributed by atoms with Gasteiger partial charge in [-0.15, -0.1) is 11.8 Å². The molecule has 0 amide bonds. The highest BCUT2D eigenvalue weighted by atomic mass is 32.2. The van der Waals surface area contributed by atoms with E-state index in [0.717, 1.165) is 38.5 Å². The lowest BCUT2D eigenvalue weighted by Gasteiger charge is -2.53. The molecular weight excluding hydrogens is 667 g/mol. The van der Waals surface area contributed by atoms with Crippen molar-refractivity contribution in [1.82, 2.24) is 4.90 Å². The summed E-state index contributed by atoms with van der Waals surface area (Å²) in [6.45, 7) is 0. The summed E-state index contributed by atoms with van der Waals surface area (Å²) in [5.41, 5.74) is 14.1. The lowest BCUT2D eigenvalue weighted by Crippen LogP contribution is -2.48. The Bertz CT molecular complexity index is 2350. The maximum atomic E-state index is 2.65. The molecule has 3 heterocycles. The van der Waals surface area contributed by atoms with Crippen LogP contribution in [0, 0.1) is 11.8 Å².